The second kappa shape index (κ2) is 8.04. The summed E-state index contributed by atoms with van der Waals surface area (Å²) in [6.45, 7) is -0.0360. The highest BCUT2D eigenvalue weighted by atomic mass is 19.4. The number of nitriles is 1. The average Bonchev–Trinajstić information content (AvgIpc) is 2.71. The number of hydrogen-bond donors (Lipinski definition) is 4. The first-order valence-corrected chi connectivity index (χ1v) is 8.47. The van der Waals surface area contributed by atoms with Crippen LogP contribution in [-0.4, -0.2) is 21.2 Å². The standard InChI is InChI=1S/C19H15F3N8/c20-19(21,22)13-5-11(1-2-14(13)25)9-28-17-12(8-24)16(29-18(26)30-17)15-6-10(7-23)3-4-27-15/h1-6,8,24H,9,25H2,(H3,26,28,29,30). The lowest BCUT2D eigenvalue weighted by molar-refractivity contribution is -0.136. The number of nitrogens with zero attached hydrogens (tertiary/aromatic N) is 4. The molecule has 2 aromatic heterocycles. The third kappa shape index (κ3) is 4.27. The lowest BCUT2D eigenvalue weighted by Gasteiger charge is -2.14. The minimum absolute atomic E-state index is 0.0360. The van der Waals surface area contributed by atoms with Crippen LogP contribution in [0.1, 0.15) is 22.3 Å². The molecule has 6 N–H and O–H groups in total. The Bertz CT molecular complexity index is 1150. The third-order valence-corrected chi connectivity index (χ3v) is 4.12. The molecule has 0 saturated heterocycles. The fourth-order valence-electron chi connectivity index (χ4n) is 2.73. The van der Waals surface area contributed by atoms with Crippen molar-refractivity contribution in [2.45, 2.75) is 12.7 Å². The van der Waals surface area contributed by atoms with Crippen LogP contribution in [0.3, 0.4) is 0 Å². The van der Waals surface area contributed by atoms with Crippen molar-refractivity contribution in [2.75, 3.05) is 16.8 Å². The van der Waals surface area contributed by atoms with E-state index < -0.39 is 11.7 Å². The molecule has 3 aromatic rings. The second-order valence-electron chi connectivity index (χ2n) is 6.15. The molecule has 0 amide bonds. The Morgan fingerprint density at radius 1 is 1.17 bits per heavy atom. The number of rotatable bonds is 5. The first kappa shape index (κ1) is 20.5. The van der Waals surface area contributed by atoms with Crippen molar-refractivity contribution in [1.82, 2.24) is 15.0 Å². The summed E-state index contributed by atoms with van der Waals surface area (Å²) in [5.74, 6) is 0.0117. The SMILES string of the molecule is N#Cc1ccnc(-c2nc(N)nc(NCc3ccc(N)c(C(F)(F)F)c3)c2C=N)c1. The number of anilines is 3. The van der Waals surface area contributed by atoms with E-state index in [2.05, 4.69) is 20.3 Å². The molecule has 8 nitrogen and oxygen atoms in total. The second-order valence-corrected chi connectivity index (χ2v) is 6.15. The Hall–Kier alpha value is -4.20. The minimum atomic E-state index is -4.58. The average molecular weight is 412 g/mol. The summed E-state index contributed by atoms with van der Waals surface area (Å²) >= 11 is 0. The summed E-state index contributed by atoms with van der Waals surface area (Å²) in [6.07, 6.45) is -2.19. The van der Waals surface area contributed by atoms with Crippen LogP contribution in [0.5, 0.6) is 0 Å². The van der Waals surface area contributed by atoms with Gasteiger partial charge in [-0.2, -0.15) is 23.4 Å². The third-order valence-electron chi connectivity index (χ3n) is 4.12. The Balaban J connectivity index is 1.97. The summed E-state index contributed by atoms with van der Waals surface area (Å²) in [7, 11) is 0. The Kier molecular flexibility index (Phi) is 5.50. The van der Waals surface area contributed by atoms with Gasteiger partial charge in [-0.15, -0.1) is 0 Å². The van der Waals surface area contributed by atoms with Gasteiger partial charge in [0.25, 0.3) is 0 Å². The fourth-order valence-corrected chi connectivity index (χ4v) is 2.73. The largest absolute Gasteiger partial charge is 0.418 e. The smallest absolute Gasteiger partial charge is 0.398 e. The molecular formula is C19H15F3N8. The molecular weight excluding hydrogens is 397 g/mol. The van der Waals surface area contributed by atoms with E-state index in [0.717, 1.165) is 12.3 Å². The van der Waals surface area contributed by atoms with Crippen LogP contribution >= 0.6 is 0 Å². The van der Waals surface area contributed by atoms with Gasteiger partial charge in [-0.25, -0.2) is 4.98 Å². The van der Waals surface area contributed by atoms with Crippen molar-refractivity contribution in [2.24, 2.45) is 0 Å². The van der Waals surface area contributed by atoms with E-state index in [1.165, 1.54) is 30.5 Å². The number of pyridine rings is 1. The molecule has 0 atom stereocenters. The number of halogens is 3. The van der Waals surface area contributed by atoms with E-state index in [0.29, 0.717) is 16.8 Å². The predicted molar refractivity (Wildman–Crippen MR) is 105 cm³/mol. The predicted octanol–water partition coefficient (Wildman–Crippen LogP) is 3.20. The number of nitrogens with one attached hydrogen (secondary N) is 2. The highest BCUT2D eigenvalue weighted by Gasteiger charge is 2.33. The van der Waals surface area contributed by atoms with E-state index in [-0.39, 0.29) is 35.3 Å². The lowest BCUT2D eigenvalue weighted by Crippen LogP contribution is -2.12. The molecule has 1 aromatic carbocycles. The number of hydrogen-bond acceptors (Lipinski definition) is 8. The monoisotopic (exact) mass is 412 g/mol. The zero-order valence-electron chi connectivity index (χ0n) is 15.3. The minimum Gasteiger partial charge on any atom is -0.398 e. The molecule has 0 fully saturated rings. The van der Waals surface area contributed by atoms with Crippen LogP contribution in [-0.2, 0) is 12.7 Å². The Morgan fingerprint density at radius 3 is 2.60 bits per heavy atom. The Morgan fingerprint density at radius 2 is 1.93 bits per heavy atom. The van der Waals surface area contributed by atoms with Crippen LogP contribution in [0.4, 0.5) is 30.6 Å². The van der Waals surface area contributed by atoms with Crippen molar-refractivity contribution in [3.8, 4) is 17.5 Å². The highest BCUT2D eigenvalue weighted by Crippen LogP contribution is 2.34. The van der Waals surface area contributed by atoms with Gasteiger partial charge >= 0.3 is 6.18 Å². The molecule has 0 spiro atoms. The molecule has 0 radical (unpaired) electrons. The summed E-state index contributed by atoms with van der Waals surface area (Å²) < 4.78 is 39.2. The van der Waals surface area contributed by atoms with Crippen molar-refractivity contribution in [1.29, 1.82) is 10.7 Å². The molecule has 30 heavy (non-hydrogen) atoms. The van der Waals surface area contributed by atoms with Crippen LogP contribution in [0.2, 0.25) is 0 Å². The highest BCUT2D eigenvalue weighted by molar-refractivity contribution is 5.92. The van der Waals surface area contributed by atoms with Gasteiger partial charge in [-0.05, 0) is 29.8 Å². The molecule has 0 aliphatic carbocycles. The number of nitrogen functional groups attached to an aromatic ring is 2. The van der Waals surface area contributed by atoms with E-state index in [9.17, 15) is 13.2 Å². The normalized spacial score (nSPS) is 11.0. The van der Waals surface area contributed by atoms with E-state index in [1.54, 1.807) is 0 Å². The van der Waals surface area contributed by atoms with Crippen molar-refractivity contribution >= 4 is 23.7 Å². The number of aromatic nitrogens is 3. The lowest BCUT2D eigenvalue weighted by atomic mass is 10.1. The first-order valence-electron chi connectivity index (χ1n) is 8.47. The van der Waals surface area contributed by atoms with Crippen molar-refractivity contribution in [3.05, 3.63) is 58.8 Å². The molecule has 0 bridgehead atoms. The number of benzene rings is 1. The quantitative estimate of drug-likeness (QED) is 0.371. The summed E-state index contributed by atoms with van der Waals surface area (Å²) in [5.41, 5.74) is 11.3. The zero-order valence-corrected chi connectivity index (χ0v) is 15.3. The van der Waals surface area contributed by atoms with Crippen molar-refractivity contribution in [3.63, 3.8) is 0 Å². The van der Waals surface area contributed by atoms with Crippen LogP contribution in [0, 0.1) is 16.7 Å². The molecule has 152 valence electrons. The van der Waals surface area contributed by atoms with Crippen LogP contribution in [0.25, 0.3) is 11.4 Å². The van der Waals surface area contributed by atoms with Gasteiger partial charge in [0.05, 0.1) is 28.5 Å². The van der Waals surface area contributed by atoms with Gasteiger partial charge in [0.15, 0.2) is 0 Å². The fraction of sp³-hybridized carbons (Fsp3) is 0.105. The van der Waals surface area contributed by atoms with Crippen molar-refractivity contribution < 1.29 is 13.2 Å². The van der Waals surface area contributed by atoms with Gasteiger partial charge in [0.1, 0.15) is 11.5 Å². The van der Waals surface area contributed by atoms with Crippen LogP contribution in [0.15, 0.2) is 36.5 Å². The zero-order chi connectivity index (χ0) is 21.9. The molecule has 11 heteroatoms. The number of alkyl halides is 3. The maximum absolute atomic E-state index is 13.1. The summed E-state index contributed by atoms with van der Waals surface area (Å²) in [4.78, 5) is 12.3. The molecule has 0 saturated carbocycles. The maximum atomic E-state index is 13.1. The molecule has 0 aliphatic rings. The topological polar surface area (TPSA) is 150 Å². The molecule has 3 rings (SSSR count). The molecule has 0 unspecified atom stereocenters. The molecule has 2 heterocycles. The number of nitrogens with two attached hydrogens (primary N) is 2. The molecule has 0 aliphatic heterocycles. The van der Waals surface area contributed by atoms with Gasteiger partial charge < -0.3 is 22.2 Å². The van der Waals surface area contributed by atoms with Crippen LogP contribution < -0.4 is 16.8 Å². The van der Waals surface area contributed by atoms with E-state index in [4.69, 9.17) is 22.1 Å². The van der Waals surface area contributed by atoms with E-state index in [1.807, 2.05) is 6.07 Å². The van der Waals surface area contributed by atoms with E-state index >= 15 is 0 Å². The summed E-state index contributed by atoms with van der Waals surface area (Å²) in [5, 5.41) is 19.7. The Labute approximate surface area is 168 Å². The summed E-state index contributed by atoms with van der Waals surface area (Å²) in [6, 6.07) is 8.54. The van der Waals surface area contributed by atoms with Gasteiger partial charge in [-0.3, -0.25) is 4.98 Å². The van der Waals surface area contributed by atoms with Gasteiger partial charge in [-0.1, -0.05) is 6.07 Å². The first-order chi connectivity index (χ1) is 14.2. The van der Waals surface area contributed by atoms with Gasteiger partial charge in [0.2, 0.25) is 5.95 Å². The maximum Gasteiger partial charge on any atom is 0.418 e. The van der Waals surface area contributed by atoms with Gasteiger partial charge in [0, 0.05) is 24.6 Å².